The van der Waals surface area contributed by atoms with E-state index in [-0.39, 0.29) is 13.0 Å². The van der Waals surface area contributed by atoms with Crippen LogP contribution in [0.15, 0.2) is 90.3 Å². The summed E-state index contributed by atoms with van der Waals surface area (Å²) in [6.07, 6.45) is 3.36. The Balaban J connectivity index is 1.69. The molecule has 0 saturated carbocycles. The van der Waals surface area contributed by atoms with E-state index in [1.54, 1.807) is 18.2 Å². The number of rotatable bonds is 13. The summed E-state index contributed by atoms with van der Waals surface area (Å²) >= 11 is 1.51. The number of allylic oxidation sites excluding steroid dienone is 2. The van der Waals surface area contributed by atoms with Crippen LogP contribution in [0.5, 0.6) is 0 Å². The summed E-state index contributed by atoms with van der Waals surface area (Å²) in [7, 11) is 0. The number of aryl methyl sites for hydroxylation is 1. The average molecular weight is 616 g/mol. The van der Waals surface area contributed by atoms with Gasteiger partial charge in [-0.15, -0.1) is 0 Å². The highest BCUT2D eigenvalue weighted by molar-refractivity contribution is 7.98. The van der Waals surface area contributed by atoms with Gasteiger partial charge in [0.1, 0.15) is 18.0 Å². The van der Waals surface area contributed by atoms with Crippen LogP contribution in [0.2, 0.25) is 0 Å². The highest BCUT2D eigenvalue weighted by Crippen LogP contribution is 2.30. The van der Waals surface area contributed by atoms with Gasteiger partial charge in [-0.05, 0) is 95.2 Å². The Morgan fingerprint density at radius 2 is 1.77 bits per heavy atom. The van der Waals surface area contributed by atoms with E-state index in [1.165, 1.54) is 23.9 Å². The quantitative estimate of drug-likeness (QED) is 0.215. The largest absolute Gasteiger partial charge is 0.480 e. The topological polar surface area (TPSA) is 93.4 Å². The van der Waals surface area contributed by atoms with Gasteiger partial charge in [-0.3, -0.25) is 9.69 Å². The Labute approximate surface area is 261 Å². The summed E-state index contributed by atoms with van der Waals surface area (Å²) in [4.78, 5) is 27.4. The van der Waals surface area contributed by atoms with Crippen LogP contribution in [0.4, 0.5) is 8.78 Å². The van der Waals surface area contributed by atoms with E-state index in [1.807, 2.05) is 61.7 Å². The van der Waals surface area contributed by atoms with Crippen molar-refractivity contribution in [2.75, 3.05) is 18.6 Å². The zero-order valence-corrected chi connectivity index (χ0v) is 25.5. The second kappa shape index (κ2) is 15.5. The van der Waals surface area contributed by atoms with Crippen LogP contribution in [0, 0.1) is 18.3 Å². The summed E-state index contributed by atoms with van der Waals surface area (Å²) < 4.78 is 28.3. The van der Waals surface area contributed by atoms with Gasteiger partial charge in [-0.25, -0.2) is 13.6 Å². The van der Waals surface area contributed by atoms with Crippen LogP contribution in [0.25, 0.3) is 11.1 Å². The molecule has 228 valence electrons. The number of benzene rings is 3. The molecule has 0 aliphatic heterocycles. The number of nitrogens with one attached hydrogen (secondary N) is 1. The zero-order chi connectivity index (χ0) is 31.6. The lowest BCUT2D eigenvalue weighted by Crippen LogP contribution is -2.41. The summed E-state index contributed by atoms with van der Waals surface area (Å²) in [5.74, 6) is -1.46. The van der Waals surface area contributed by atoms with Crippen LogP contribution in [0.3, 0.4) is 0 Å². The molecule has 0 saturated heterocycles. The Kier molecular flexibility index (Phi) is 11.5. The van der Waals surface area contributed by atoms with E-state index in [4.69, 9.17) is 0 Å². The first kappa shape index (κ1) is 32.6. The Morgan fingerprint density at radius 3 is 2.43 bits per heavy atom. The molecule has 0 aromatic heterocycles. The molecular formula is C35H35F2N3O3S. The maximum absolute atomic E-state index is 14.2. The predicted octanol–water partition coefficient (Wildman–Crippen LogP) is 6.99. The number of thioether (sulfide) groups is 1. The van der Waals surface area contributed by atoms with Gasteiger partial charge >= 0.3 is 5.97 Å². The molecule has 2 atom stereocenters. The van der Waals surface area contributed by atoms with E-state index in [2.05, 4.69) is 16.3 Å². The highest BCUT2D eigenvalue weighted by Gasteiger charge is 2.23. The molecule has 4 rings (SSSR count). The normalized spacial score (nSPS) is 15.2. The lowest BCUT2D eigenvalue weighted by Gasteiger charge is -2.25. The standard InChI is InChI=1S/C35H35F2N3O3S/c1-23-5-3-4-6-30(23)32-17-26(11-12-31(32)34(41)39-33(35(42)43)13-14-44-2)21-40(20-25-9-7-24(19-38)8-10-25)22-27-15-28(36)18-29(37)16-27/h3-12,15-17,28,33H,13-14,18,20-22H2,1-2H3,(H,39,41)(H,42,43)/t28?,33-/m0/s1. The van der Waals surface area contributed by atoms with Crippen molar-refractivity contribution in [2.45, 2.75) is 45.1 Å². The lowest BCUT2D eigenvalue weighted by molar-refractivity contribution is -0.139. The maximum atomic E-state index is 14.2. The van der Waals surface area contributed by atoms with Crippen molar-refractivity contribution in [3.8, 4) is 17.2 Å². The Morgan fingerprint density at radius 1 is 1.07 bits per heavy atom. The lowest BCUT2D eigenvalue weighted by atomic mass is 9.93. The first-order chi connectivity index (χ1) is 21.2. The van der Waals surface area contributed by atoms with Gasteiger partial charge in [0.2, 0.25) is 0 Å². The molecule has 0 bridgehead atoms. The van der Waals surface area contributed by atoms with Crippen molar-refractivity contribution in [3.63, 3.8) is 0 Å². The molecule has 2 N–H and O–H groups in total. The minimum Gasteiger partial charge on any atom is -0.480 e. The number of nitrogens with zero attached hydrogens (tertiary/aromatic N) is 2. The second-order valence-corrected chi connectivity index (χ2v) is 11.8. The first-order valence-corrected chi connectivity index (χ1v) is 15.7. The number of aliphatic carboxylic acids is 1. The highest BCUT2D eigenvalue weighted by atomic mass is 32.2. The summed E-state index contributed by atoms with van der Waals surface area (Å²) in [5.41, 5.74) is 5.69. The smallest absolute Gasteiger partial charge is 0.326 e. The number of hydrogen-bond acceptors (Lipinski definition) is 5. The molecule has 44 heavy (non-hydrogen) atoms. The summed E-state index contributed by atoms with van der Waals surface area (Å²) in [6.45, 7) is 3.08. The molecule has 0 heterocycles. The number of halogens is 2. The van der Waals surface area contributed by atoms with Crippen molar-refractivity contribution in [1.82, 2.24) is 10.2 Å². The number of carboxylic acid groups (broad SMARTS) is 1. The summed E-state index contributed by atoms with van der Waals surface area (Å²) in [5, 5.41) is 21.6. The molecule has 9 heteroatoms. The van der Waals surface area contributed by atoms with Crippen LogP contribution in [0.1, 0.15) is 45.5 Å². The SMILES string of the molecule is CSCC[C@H](NC(=O)c1ccc(CN(CC2=CC(F)CC(F)=C2)Cc2ccc(C#N)cc2)cc1-c1ccccc1C)C(=O)O. The predicted molar refractivity (Wildman–Crippen MR) is 171 cm³/mol. The molecule has 3 aromatic carbocycles. The van der Waals surface area contributed by atoms with Gasteiger partial charge in [0.15, 0.2) is 0 Å². The molecule has 1 aliphatic rings. The molecule has 0 fully saturated rings. The monoisotopic (exact) mass is 615 g/mol. The zero-order valence-electron chi connectivity index (χ0n) is 24.7. The van der Waals surface area contributed by atoms with Crippen LogP contribution in [-0.2, 0) is 17.9 Å². The van der Waals surface area contributed by atoms with E-state index < -0.39 is 29.9 Å². The van der Waals surface area contributed by atoms with Crippen molar-refractivity contribution in [3.05, 3.63) is 118 Å². The minimum absolute atomic E-state index is 0.261. The van der Waals surface area contributed by atoms with Crippen molar-refractivity contribution >= 4 is 23.6 Å². The van der Waals surface area contributed by atoms with Crippen molar-refractivity contribution in [1.29, 1.82) is 5.26 Å². The van der Waals surface area contributed by atoms with Gasteiger partial charge in [0.05, 0.1) is 11.6 Å². The molecule has 3 aromatic rings. The molecule has 6 nitrogen and oxygen atoms in total. The van der Waals surface area contributed by atoms with E-state index in [9.17, 15) is 28.7 Å². The molecule has 0 spiro atoms. The minimum atomic E-state index is -1.39. The third kappa shape index (κ3) is 8.88. The first-order valence-electron chi connectivity index (χ1n) is 14.3. The van der Waals surface area contributed by atoms with Gasteiger partial charge in [0.25, 0.3) is 5.91 Å². The van der Waals surface area contributed by atoms with E-state index in [0.29, 0.717) is 47.5 Å². The van der Waals surface area contributed by atoms with Crippen LogP contribution >= 0.6 is 11.8 Å². The number of alkyl halides is 1. The number of nitriles is 1. The van der Waals surface area contributed by atoms with Gasteiger partial charge in [0, 0.05) is 31.6 Å². The molecule has 1 unspecified atom stereocenters. The molecule has 1 amide bonds. The third-order valence-electron chi connectivity index (χ3n) is 7.41. The van der Waals surface area contributed by atoms with Crippen LogP contribution < -0.4 is 5.32 Å². The Hall–Kier alpha value is -4.26. The summed E-state index contributed by atoms with van der Waals surface area (Å²) in [6, 6.07) is 21.4. The van der Waals surface area contributed by atoms with Gasteiger partial charge in [-0.1, -0.05) is 42.5 Å². The number of hydrogen-bond donors (Lipinski definition) is 2. The molecular weight excluding hydrogens is 580 g/mol. The van der Waals surface area contributed by atoms with Crippen LogP contribution in [-0.4, -0.2) is 52.6 Å². The fourth-order valence-corrected chi connectivity index (χ4v) is 5.70. The maximum Gasteiger partial charge on any atom is 0.326 e. The van der Waals surface area contributed by atoms with Crippen molar-refractivity contribution < 1.29 is 23.5 Å². The fraction of sp³-hybridized carbons (Fsp3) is 0.286. The second-order valence-electron chi connectivity index (χ2n) is 10.8. The van der Waals surface area contributed by atoms with Gasteiger partial charge < -0.3 is 10.4 Å². The molecule has 0 radical (unpaired) electrons. The number of carbonyl (C=O) groups is 2. The number of amides is 1. The number of carbonyl (C=O) groups excluding carboxylic acids is 1. The number of carboxylic acids is 1. The molecule has 1 aliphatic carbocycles. The Bertz CT molecular complexity index is 1600. The van der Waals surface area contributed by atoms with E-state index in [0.717, 1.165) is 22.3 Å². The average Bonchev–Trinajstić information content (AvgIpc) is 2.99. The fourth-order valence-electron chi connectivity index (χ4n) is 5.23. The van der Waals surface area contributed by atoms with Crippen molar-refractivity contribution in [2.24, 2.45) is 0 Å². The third-order valence-corrected chi connectivity index (χ3v) is 8.05. The van der Waals surface area contributed by atoms with E-state index >= 15 is 0 Å². The van der Waals surface area contributed by atoms with Gasteiger partial charge in [-0.2, -0.15) is 17.0 Å².